The summed E-state index contributed by atoms with van der Waals surface area (Å²) < 4.78 is 0. The molecular formula is C14H22N4O6. The minimum atomic E-state index is -1.04. The highest BCUT2D eigenvalue weighted by atomic mass is 16.7. The Hall–Kier alpha value is -2.36. The van der Waals surface area contributed by atoms with Crippen molar-refractivity contribution in [1.29, 1.82) is 0 Å². The van der Waals surface area contributed by atoms with E-state index in [1.54, 1.807) is 0 Å². The molecule has 2 heterocycles. The van der Waals surface area contributed by atoms with Crippen molar-refractivity contribution in [1.82, 2.24) is 20.6 Å². The van der Waals surface area contributed by atoms with Gasteiger partial charge in [0.15, 0.2) is 0 Å². The molecule has 2 saturated heterocycles. The molecule has 0 unspecified atom stereocenters. The number of likely N-dealkylation sites (tertiary alicyclic amines) is 1. The molecule has 0 saturated carbocycles. The molecule has 4 amide bonds. The van der Waals surface area contributed by atoms with Crippen molar-refractivity contribution >= 4 is 24.0 Å². The van der Waals surface area contributed by atoms with Crippen LogP contribution in [0.5, 0.6) is 0 Å². The van der Waals surface area contributed by atoms with Crippen LogP contribution in [0.1, 0.15) is 32.1 Å². The van der Waals surface area contributed by atoms with E-state index in [0.717, 1.165) is 19.4 Å². The smallest absolute Gasteiger partial charge is 0.432 e. The molecule has 0 bridgehead atoms. The number of hydrogen-bond donors (Lipinski definition) is 3. The summed E-state index contributed by atoms with van der Waals surface area (Å²) in [6, 6.07) is -0.109. The standard InChI is InChI=1S/C14H22N4O6/c19-11-3-4-12(20)18(11)24-14(23)16-10-2-1-7-17(8-5-10)9-6-15-13(21)22/h10,15H,1-9H2,(H,16,23)(H,21,22)/t10-/m0/s1. The van der Waals surface area contributed by atoms with Crippen LogP contribution in [0.15, 0.2) is 0 Å². The van der Waals surface area contributed by atoms with E-state index in [2.05, 4.69) is 15.5 Å². The Morgan fingerprint density at radius 2 is 1.88 bits per heavy atom. The molecule has 24 heavy (non-hydrogen) atoms. The molecule has 0 spiro atoms. The first kappa shape index (κ1) is 18.0. The summed E-state index contributed by atoms with van der Waals surface area (Å²) in [5.41, 5.74) is 0. The minimum absolute atomic E-state index is 0.0644. The van der Waals surface area contributed by atoms with Crippen molar-refractivity contribution in [2.45, 2.75) is 38.1 Å². The topological polar surface area (TPSA) is 128 Å². The Morgan fingerprint density at radius 3 is 2.54 bits per heavy atom. The quantitative estimate of drug-likeness (QED) is 0.595. The van der Waals surface area contributed by atoms with Crippen molar-refractivity contribution in [3.8, 4) is 0 Å². The lowest BCUT2D eigenvalue weighted by Gasteiger charge is -2.20. The number of rotatable bonds is 5. The molecule has 3 N–H and O–H groups in total. The summed E-state index contributed by atoms with van der Waals surface area (Å²) in [7, 11) is 0. The summed E-state index contributed by atoms with van der Waals surface area (Å²) in [4.78, 5) is 52.0. The summed E-state index contributed by atoms with van der Waals surface area (Å²) in [6.45, 7) is 2.50. The van der Waals surface area contributed by atoms with Gasteiger partial charge in [0.25, 0.3) is 11.8 Å². The predicted molar refractivity (Wildman–Crippen MR) is 80.8 cm³/mol. The number of amides is 4. The average molecular weight is 342 g/mol. The normalized spacial score (nSPS) is 22.2. The van der Waals surface area contributed by atoms with Gasteiger partial charge in [0.1, 0.15) is 0 Å². The highest BCUT2D eigenvalue weighted by Gasteiger charge is 2.33. The number of nitrogens with zero attached hydrogens (tertiary/aromatic N) is 2. The van der Waals surface area contributed by atoms with Crippen molar-refractivity contribution in [3.63, 3.8) is 0 Å². The Balaban J connectivity index is 1.71. The first-order valence-corrected chi connectivity index (χ1v) is 7.99. The zero-order valence-electron chi connectivity index (χ0n) is 13.3. The molecule has 0 aromatic carbocycles. The molecular weight excluding hydrogens is 320 g/mol. The summed E-state index contributed by atoms with van der Waals surface area (Å²) in [5, 5.41) is 14.1. The van der Waals surface area contributed by atoms with Crippen molar-refractivity contribution in [3.05, 3.63) is 0 Å². The highest BCUT2D eigenvalue weighted by Crippen LogP contribution is 2.14. The Morgan fingerprint density at radius 1 is 1.17 bits per heavy atom. The van der Waals surface area contributed by atoms with Crippen LogP contribution in [0.3, 0.4) is 0 Å². The van der Waals surface area contributed by atoms with E-state index in [-0.39, 0.29) is 18.9 Å². The van der Waals surface area contributed by atoms with Gasteiger partial charge in [0.05, 0.1) is 0 Å². The molecule has 2 rings (SSSR count). The monoisotopic (exact) mass is 342 g/mol. The lowest BCUT2D eigenvalue weighted by molar-refractivity contribution is -0.171. The van der Waals surface area contributed by atoms with Gasteiger partial charge in [-0.1, -0.05) is 0 Å². The second-order valence-electron chi connectivity index (χ2n) is 5.81. The summed E-state index contributed by atoms with van der Waals surface area (Å²) in [5.74, 6) is -1.01. The zero-order valence-corrected chi connectivity index (χ0v) is 13.3. The van der Waals surface area contributed by atoms with Gasteiger partial charge >= 0.3 is 12.2 Å². The van der Waals surface area contributed by atoms with E-state index in [1.165, 1.54) is 0 Å². The van der Waals surface area contributed by atoms with Crippen LogP contribution >= 0.6 is 0 Å². The number of nitrogens with one attached hydrogen (secondary N) is 2. The molecule has 10 nitrogen and oxygen atoms in total. The maximum absolute atomic E-state index is 11.8. The summed E-state index contributed by atoms with van der Waals surface area (Å²) in [6.07, 6.45) is 0.565. The van der Waals surface area contributed by atoms with Crippen LogP contribution in [0.25, 0.3) is 0 Å². The lowest BCUT2D eigenvalue weighted by Crippen LogP contribution is -2.41. The predicted octanol–water partition coefficient (Wildman–Crippen LogP) is -0.101. The molecule has 2 aliphatic heterocycles. The summed E-state index contributed by atoms with van der Waals surface area (Å²) >= 11 is 0. The third-order valence-electron chi connectivity index (χ3n) is 4.03. The second-order valence-corrected chi connectivity index (χ2v) is 5.81. The minimum Gasteiger partial charge on any atom is -0.465 e. The molecule has 134 valence electrons. The van der Waals surface area contributed by atoms with Gasteiger partial charge in [-0.25, -0.2) is 9.59 Å². The van der Waals surface area contributed by atoms with Gasteiger partial charge in [-0.3, -0.25) is 9.59 Å². The fourth-order valence-electron chi connectivity index (χ4n) is 2.78. The van der Waals surface area contributed by atoms with E-state index >= 15 is 0 Å². The third-order valence-corrected chi connectivity index (χ3v) is 4.03. The van der Waals surface area contributed by atoms with Crippen molar-refractivity contribution in [2.24, 2.45) is 0 Å². The van der Waals surface area contributed by atoms with Gasteiger partial charge in [-0.05, 0) is 25.8 Å². The molecule has 0 aromatic rings. The van der Waals surface area contributed by atoms with Crippen LogP contribution in [-0.4, -0.2) is 71.3 Å². The van der Waals surface area contributed by atoms with Crippen molar-refractivity contribution < 1.29 is 29.1 Å². The molecule has 2 fully saturated rings. The van der Waals surface area contributed by atoms with Crippen LogP contribution in [0.4, 0.5) is 9.59 Å². The fraction of sp³-hybridized carbons (Fsp3) is 0.714. The fourth-order valence-corrected chi connectivity index (χ4v) is 2.78. The van der Waals surface area contributed by atoms with E-state index < -0.39 is 24.0 Å². The number of hydrogen-bond acceptors (Lipinski definition) is 6. The molecule has 2 aliphatic rings. The number of carboxylic acid groups (broad SMARTS) is 1. The van der Waals surface area contributed by atoms with E-state index in [4.69, 9.17) is 9.94 Å². The largest absolute Gasteiger partial charge is 0.465 e. The van der Waals surface area contributed by atoms with Crippen LogP contribution in [0.2, 0.25) is 0 Å². The van der Waals surface area contributed by atoms with Gasteiger partial charge in [-0.2, -0.15) is 0 Å². The molecule has 0 aliphatic carbocycles. The van der Waals surface area contributed by atoms with Crippen LogP contribution in [0, 0.1) is 0 Å². The molecule has 0 aromatic heterocycles. The molecule has 0 radical (unpaired) electrons. The van der Waals surface area contributed by atoms with Gasteiger partial charge in [0.2, 0.25) is 0 Å². The van der Waals surface area contributed by atoms with E-state index in [0.29, 0.717) is 31.1 Å². The number of carbonyl (C=O) groups excluding carboxylic acids is 3. The SMILES string of the molecule is O=C(O)NCCN1CCC[C@H](NC(=O)ON2C(=O)CCC2=O)CC1. The number of hydroxylamine groups is 2. The zero-order chi connectivity index (χ0) is 17.5. The lowest BCUT2D eigenvalue weighted by atomic mass is 10.1. The maximum atomic E-state index is 11.8. The molecule has 1 atom stereocenters. The average Bonchev–Trinajstić information content (AvgIpc) is 2.73. The van der Waals surface area contributed by atoms with Crippen LogP contribution in [-0.2, 0) is 14.4 Å². The van der Waals surface area contributed by atoms with Gasteiger partial charge < -0.3 is 25.5 Å². The first-order chi connectivity index (χ1) is 11.5. The van der Waals surface area contributed by atoms with E-state index in [9.17, 15) is 19.2 Å². The van der Waals surface area contributed by atoms with E-state index in [1.807, 2.05) is 0 Å². The first-order valence-electron chi connectivity index (χ1n) is 7.99. The highest BCUT2D eigenvalue weighted by molar-refractivity contribution is 6.01. The van der Waals surface area contributed by atoms with Crippen LogP contribution < -0.4 is 10.6 Å². The Kier molecular flexibility index (Phi) is 6.36. The Bertz CT molecular complexity index is 495. The third kappa shape index (κ3) is 5.37. The molecule has 10 heteroatoms. The van der Waals surface area contributed by atoms with Gasteiger partial charge in [-0.15, -0.1) is 5.06 Å². The van der Waals surface area contributed by atoms with Gasteiger partial charge in [0, 0.05) is 38.5 Å². The number of carbonyl (C=O) groups is 4. The van der Waals surface area contributed by atoms with Crippen molar-refractivity contribution in [2.75, 3.05) is 26.2 Å². The second kappa shape index (κ2) is 8.48. The Labute approximate surface area is 139 Å². The maximum Gasteiger partial charge on any atom is 0.432 e. The number of imide groups is 1.